The smallest absolute Gasteiger partial charge is 0.106 e. The van der Waals surface area contributed by atoms with E-state index in [9.17, 15) is 0 Å². The van der Waals surface area contributed by atoms with E-state index in [4.69, 9.17) is 0 Å². The zero-order valence-corrected chi connectivity index (χ0v) is 11.3. The van der Waals surface area contributed by atoms with E-state index in [2.05, 4.69) is 53.2 Å². The Morgan fingerprint density at radius 3 is 2.94 bits per heavy atom. The molecule has 3 heteroatoms. The van der Waals surface area contributed by atoms with Crippen LogP contribution in [0.2, 0.25) is 0 Å². The molecular weight excluding hydrogens is 264 g/mol. The molecule has 0 unspecified atom stereocenters. The van der Waals surface area contributed by atoms with Crippen LogP contribution in [0, 0.1) is 0 Å². The highest BCUT2D eigenvalue weighted by molar-refractivity contribution is 9.10. The molecule has 0 spiro atoms. The highest BCUT2D eigenvalue weighted by atomic mass is 79.9. The number of aromatic amines is 1. The van der Waals surface area contributed by atoms with E-state index in [-0.39, 0.29) is 0 Å². The van der Waals surface area contributed by atoms with Crippen LogP contribution >= 0.6 is 15.9 Å². The molecule has 0 fully saturated rings. The summed E-state index contributed by atoms with van der Waals surface area (Å²) in [5.74, 6) is 0. The topological polar surface area (TPSA) is 15.8 Å². The van der Waals surface area contributed by atoms with Gasteiger partial charge in [0, 0.05) is 33.1 Å². The van der Waals surface area contributed by atoms with Gasteiger partial charge in [0.15, 0.2) is 0 Å². The Morgan fingerprint density at radius 1 is 1.31 bits per heavy atom. The number of quaternary nitrogens is 1. The lowest BCUT2D eigenvalue weighted by Gasteiger charge is -2.33. The number of rotatable bonds is 0. The molecule has 2 heterocycles. The van der Waals surface area contributed by atoms with E-state index < -0.39 is 0 Å². The van der Waals surface area contributed by atoms with Gasteiger partial charge < -0.3 is 9.47 Å². The first-order chi connectivity index (χ1) is 7.55. The van der Waals surface area contributed by atoms with Crippen molar-refractivity contribution in [3.63, 3.8) is 0 Å². The molecular formula is C13H16BrN2+. The minimum Gasteiger partial charge on any atom is -0.358 e. The average Bonchev–Trinajstić information content (AvgIpc) is 2.55. The maximum Gasteiger partial charge on any atom is 0.106 e. The third kappa shape index (κ3) is 1.59. The minimum atomic E-state index is 1.09. The highest BCUT2D eigenvalue weighted by Gasteiger charge is 2.27. The van der Waals surface area contributed by atoms with Crippen molar-refractivity contribution in [2.75, 3.05) is 20.6 Å². The molecule has 1 aliphatic rings. The van der Waals surface area contributed by atoms with Crippen molar-refractivity contribution >= 4 is 26.8 Å². The Labute approximate surface area is 104 Å². The van der Waals surface area contributed by atoms with Crippen LogP contribution in [0.1, 0.15) is 11.3 Å². The van der Waals surface area contributed by atoms with Crippen molar-refractivity contribution in [2.45, 2.75) is 13.0 Å². The van der Waals surface area contributed by atoms with Gasteiger partial charge >= 0.3 is 0 Å². The molecule has 3 rings (SSSR count). The number of nitrogens with zero attached hydrogens (tertiary/aromatic N) is 1. The van der Waals surface area contributed by atoms with Crippen LogP contribution in [0.4, 0.5) is 0 Å². The van der Waals surface area contributed by atoms with Crippen molar-refractivity contribution in [1.29, 1.82) is 0 Å². The zero-order chi connectivity index (χ0) is 11.3. The van der Waals surface area contributed by atoms with Gasteiger partial charge in [-0.3, -0.25) is 0 Å². The van der Waals surface area contributed by atoms with Gasteiger partial charge in [-0.25, -0.2) is 0 Å². The van der Waals surface area contributed by atoms with Crippen LogP contribution in [0.25, 0.3) is 10.9 Å². The Bertz CT molecular complexity index is 554. The van der Waals surface area contributed by atoms with Crippen molar-refractivity contribution < 1.29 is 4.48 Å². The van der Waals surface area contributed by atoms with Crippen LogP contribution < -0.4 is 0 Å². The third-order valence-corrected chi connectivity index (χ3v) is 4.00. The highest BCUT2D eigenvalue weighted by Crippen LogP contribution is 2.31. The molecule has 0 radical (unpaired) electrons. The lowest BCUT2D eigenvalue weighted by Crippen LogP contribution is -2.43. The number of benzene rings is 1. The summed E-state index contributed by atoms with van der Waals surface area (Å²) >= 11 is 3.55. The average molecular weight is 280 g/mol. The Balaban J connectivity index is 2.23. The largest absolute Gasteiger partial charge is 0.358 e. The maximum atomic E-state index is 3.55. The molecule has 0 aliphatic carbocycles. The Morgan fingerprint density at radius 2 is 2.12 bits per heavy atom. The Hall–Kier alpha value is -0.800. The van der Waals surface area contributed by atoms with Crippen LogP contribution in [0.15, 0.2) is 22.7 Å². The summed E-state index contributed by atoms with van der Waals surface area (Å²) in [4.78, 5) is 3.55. The summed E-state index contributed by atoms with van der Waals surface area (Å²) in [6.45, 7) is 2.35. The van der Waals surface area contributed by atoms with E-state index >= 15 is 0 Å². The van der Waals surface area contributed by atoms with Crippen LogP contribution in [-0.4, -0.2) is 30.1 Å². The second kappa shape index (κ2) is 3.34. The fourth-order valence-electron chi connectivity index (χ4n) is 2.59. The number of aromatic nitrogens is 1. The lowest BCUT2D eigenvalue weighted by molar-refractivity contribution is -0.905. The first kappa shape index (κ1) is 10.4. The quantitative estimate of drug-likeness (QED) is 0.714. The molecule has 1 aromatic heterocycles. The standard InChI is InChI=1S/C13H16BrN2/c1-16(2)6-5-13-11(8-16)10-7-9(14)3-4-12(10)15-13/h3-4,7,15H,5-6,8H2,1-2H3/q+1. The number of fused-ring (bicyclic) bond motifs is 3. The van der Waals surface area contributed by atoms with E-state index in [0.29, 0.717) is 0 Å². The molecule has 16 heavy (non-hydrogen) atoms. The van der Waals surface area contributed by atoms with Gasteiger partial charge in [0.05, 0.1) is 20.6 Å². The van der Waals surface area contributed by atoms with E-state index in [1.54, 1.807) is 0 Å². The predicted molar refractivity (Wildman–Crippen MR) is 70.4 cm³/mol. The summed E-state index contributed by atoms with van der Waals surface area (Å²) in [7, 11) is 4.61. The van der Waals surface area contributed by atoms with Gasteiger partial charge in [0.1, 0.15) is 6.54 Å². The molecule has 0 atom stereocenters. The number of halogens is 1. The molecule has 2 aromatic rings. The number of likely N-dealkylation sites (N-methyl/N-ethyl adjacent to an activating group) is 1. The SMILES string of the molecule is C[N+]1(C)CCc2[nH]c3ccc(Br)cc3c2C1. The molecule has 1 aromatic carbocycles. The second-order valence-corrected chi connectivity index (χ2v) is 6.26. The number of H-pyrrole nitrogens is 1. The predicted octanol–water partition coefficient (Wildman–Crippen LogP) is 3.06. The van der Waals surface area contributed by atoms with E-state index in [0.717, 1.165) is 21.9 Å². The summed E-state index contributed by atoms with van der Waals surface area (Å²) in [5.41, 5.74) is 4.22. The molecule has 1 N–H and O–H groups in total. The third-order valence-electron chi connectivity index (χ3n) is 3.51. The number of nitrogens with one attached hydrogen (secondary N) is 1. The van der Waals surface area contributed by atoms with Gasteiger partial charge in [-0.15, -0.1) is 0 Å². The van der Waals surface area contributed by atoms with Crippen LogP contribution in [0.3, 0.4) is 0 Å². The van der Waals surface area contributed by atoms with Gasteiger partial charge in [-0.05, 0) is 18.2 Å². The maximum absolute atomic E-state index is 3.55. The van der Waals surface area contributed by atoms with Gasteiger partial charge in [0.2, 0.25) is 0 Å². The van der Waals surface area contributed by atoms with Gasteiger partial charge in [-0.1, -0.05) is 15.9 Å². The molecule has 0 bridgehead atoms. The minimum absolute atomic E-state index is 1.09. The van der Waals surface area contributed by atoms with Crippen LogP contribution in [0.5, 0.6) is 0 Å². The molecule has 1 aliphatic heterocycles. The molecule has 2 nitrogen and oxygen atoms in total. The first-order valence-electron chi connectivity index (χ1n) is 5.66. The monoisotopic (exact) mass is 279 g/mol. The summed E-state index contributed by atoms with van der Waals surface area (Å²) in [6.07, 6.45) is 1.16. The molecule has 0 amide bonds. The van der Waals surface area contributed by atoms with Crippen molar-refractivity contribution in [3.8, 4) is 0 Å². The molecule has 0 saturated carbocycles. The summed E-state index contributed by atoms with van der Waals surface area (Å²) in [6, 6.07) is 6.50. The van der Waals surface area contributed by atoms with Crippen LogP contribution in [-0.2, 0) is 13.0 Å². The number of hydrogen-bond acceptors (Lipinski definition) is 0. The van der Waals surface area contributed by atoms with Crippen molar-refractivity contribution in [1.82, 2.24) is 4.98 Å². The van der Waals surface area contributed by atoms with Gasteiger partial charge in [-0.2, -0.15) is 0 Å². The first-order valence-corrected chi connectivity index (χ1v) is 6.45. The zero-order valence-electron chi connectivity index (χ0n) is 9.68. The van der Waals surface area contributed by atoms with E-state index in [1.807, 2.05) is 0 Å². The Kier molecular flexibility index (Phi) is 2.17. The number of hydrogen-bond donors (Lipinski definition) is 1. The normalized spacial score (nSPS) is 18.7. The summed E-state index contributed by atoms with van der Waals surface area (Å²) in [5, 5.41) is 1.38. The van der Waals surface area contributed by atoms with E-state index in [1.165, 1.54) is 28.7 Å². The fourth-order valence-corrected chi connectivity index (χ4v) is 2.95. The fraction of sp³-hybridized carbons (Fsp3) is 0.385. The molecule has 0 saturated heterocycles. The van der Waals surface area contributed by atoms with Crippen molar-refractivity contribution in [3.05, 3.63) is 33.9 Å². The van der Waals surface area contributed by atoms with Gasteiger partial charge in [0.25, 0.3) is 0 Å². The summed E-state index contributed by atoms with van der Waals surface area (Å²) < 4.78 is 2.25. The lowest BCUT2D eigenvalue weighted by atomic mass is 10.0. The molecule has 84 valence electrons. The second-order valence-electron chi connectivity index (χ2n) is 5.34. The van der Waals surface area contributed by atoms with Crippen molar-refractivity contribution in [2.24, 2.45) is 0 Å².